The van der Waals surface area contributed by atoms with Crippen LogP contribution in [0.2, 0.25) is 0 Å². The van der Waals surface area contributed by atoms with Crippen molar-refractivity contribution in [3.05, 3.63) is 47.5 Å². The summed E-state index contributed by atoms with van der Waals surface area (Å²) in [5.41, 5.74) is -0.350. The Morgan fingerprint density at radius 1 is 0.889 bits per heavy atom. The van der Waals surface area contributed by atoms with E-state index in [1.54, 1.807) is 30.3 Å². The van der Waals surface area contributed by atoms with E-state index in [4.69, 9.17) is 10.2 Å². The number of hydrogen-bond donors (Lipinski definition) is 4. The predicted molar refractivity (Wildman–Crippen MR) is 66.2 cm³/mol. The molecule has 6 N–H and O–H groups in total. The summed E-state index contributed by atoms with van der Waals surface area (Å²) in [6.45, 7) is 0. The van der Waals surface area contributed by atoms with Gasteiger partial charge in [0.05, 0.1) is 11.1 Å². The number of rotatable bonds is 2. The molecule has 0 aliphatic carbocycles. The molecule has 2 rings (SSSR count). The van der Waals surface area contributed by atoms with Crippen molar-refractivity contribution < 1.29 is 19.8 Å². The first-order valence-corrected chi connectivity index (χ1v) is 4.93. The van der Waals surface area contributed by atoms with Gasteiger partial charge >= 0.3 is 11.9 Å². The highest BCUT2D eigenvalue weighted by Crippen LogP contribution is 2.22. The van der Waals surface area contributed by atoms with Crippen molar-refractivity contribution in [3.8, 4) is 0 Å². The van der Waals surface area contributed by atoms with Crippen molar-refractivity contribution in [1.82, 2.24) is 0 Å². The van der Waals surface area contributed by atoms with Crippen LogP contribution in [0, 0.1) is 0 Å². The summed E-state index contributed by atoms with van der Waals surface area (Å²) in [6, 6.07) is 9.72. The lowest BCUT2D eigenvalue weighted by Gasteiger charge is -2.05. The molecule has 94 valence electrons. The molecule has 0 saturated heterocycles. The Balaban J connectivity index is 0.000000771. The third-order valence-corrected chi connectivity index (χ3v) is 2.37. The number of carboxylic acids is 2. The van der Waals surface area contributed by atoms with Crippen molar-refractivity contribution in [2.75, 3.05) is 0 Å². The highest BCUT2D eigenvalue weighted by Gasteiger charge is 2.18. The molecule has 6 nitrogen and oxygen atoms in total. The van der Waals surface area contributed by atoms with E-state index in [0.29, 0.717) is 10.8 Å². The van der Waals surface area contributed by atoms with Crippen LogP contribution < -0.4 is 11.7 Å². The molecule has 0 radical (unpaired) electrons. The van der Waals surface area contributed by atoms with Crippen molar-refractivity contribution in [3.63, 3.8) is 0 Å². The van der Waals surface area contributed by atoms with Gasteiger partial charge in [-0.05, 0) is 16.8 Å². The van der Waals surface area contributed by atoms with Gasteiger partial charge in [0, 0.05) is 0 Å². The number of hydrogen-bond acceptors (Lipinski definition) is 4. The predicted octanol–water partition coefficient (Wildman–Crippen LogP) is 1.06. The topological polar surface area (TPSA) is 127 Å². The molecule has 2 aromatic carbocycles. The van der Waals surface area contributed by atoms with Gasteiger partial charge in [0.1, 0.15) is 0 Å². The van der Waals surface area contributed by atoms with Crippen molar-refractivity contribution in [2.45, 2.75) is 0 Å². The van der Waals surface area contributed by atoms with Gasteiger partial charge in [0.25, 0.3) is 0 Å². The average Bonchev–Trinajstić information content (AvgIpc) is 2.39. The fourth-order valence-corrected chi connectivity index (χ4v) is 1.68. The number of nitrogens with two attached hydrogens (primary N) is 2. The molecular formula is C12H12N2O4. The summed E-state index contributed by atoms with van der Waals surface area (Å²) in [7, 11) is 0. The van der Waals surface area contributed by atoms with Crippen LogP contribution in [0.3, 0.4) is 0 Å². The molecule has 0 aromatic heterocycles. The Morgan fingerprint density at radius 2 is 1.50 bits per heavy atom. The maximum atomic E-state index is 11.1. The van der Waals surface area contributed by atoms with E-state index in [1.165, 1.54) is 6.07 Å². The van der Waals surface area contributed by atoms with Crippen LogP contribution in [0.25, 0.3) is 10.8 Å². The van der Waals surface area contributed by atoms with Gasteiger partial charge in [-0.3, -0.25) is 11.7 Å². The third-order valence-electron chi connectivity index (χ3n) is 2.37. The SMILES string of the molecule is NN.O=C(O)c1ccc2ccccc2c1C(=O)O. The third kappa shape index (κ3) is 2.45. The minimum Gasteiger partial charge on any atom is -0.478 e. The van der Waals surface area contributed by atoms with Gasteiger partial charge < -0.3 is 10.2 Å². The van der Waals surface area contributed by atoms with Crippen LogP contribution >= 0.6 is 0 Å². The quantitative estimate of drug-likeness (QED) is 0.465. The molecule has 0 aliphatic rings. The number of aromatic carboxylic acids is 2. The Hall–Kier alpha value is -2.44. The molecule has 0 fully saturated rings. The van der Waals surface area contributed by atoms with Gasteiger partial charge in [-0.2, -0.15) is 0 Å². The smallest absolute Gasteiger partial charge is 0.337 e. The lowest BCUT2D eigenvalue weighted by molar-refractivity contribution is 0.0653. The number of fused-ring (bicyclic) bond motifs is 1. The minimum atomic E-state index is -1.23. The van der Waals surface area contributed by atoms with E-state index in [0.717, 1.165) is 0 Å². The monoisotopic (exact) mass is 248 g/mol. The summed E-state index contributed by atoms with van der Waals surface area (Å²) in [5.74, 6) is 5.54. The highest BCUT2D eigenvalue weighted by atomic mass is 16.4. The van der Waals surface area contributed by atoms with Crippen LogP contribution in [-0.2, 0) is 0 Å². The number of carbonyl (C=O) groups is 2. The first-order chi connectivity index (χ1) is 8.61. The molecule has 0 amide bonds. The Labute approximate surface area is 102 Å². The van der Waals surface area contributed by atoms with Crippen molar-refractivity contribution in [2.24, 2.45) is 11.7 Å². The van der Waals surface area contributed by atoms with E-state index in [2.05, 4.69) is 11.7 Å². The lowest BCUT2D eigenvalue weighted by atomic mass is 9.99. The van der Waals surface area contributed by atoms with E-state index in [1.807, 2.05) is 0 Å². The molecule has 0 atom stereocenters. The Morgan fingerprint density at radius 3 is 2.06 bits per heavy atom. The maximum absolute atomic E-state index is 11.1. The molecule has 18 heavy (non-hydrogen) atoms. The zero-order chi connectivity index (χ0) is 13.7. The summed E-state index contributed by atoms with van der Waals surface area (Å²) in [4.78, 5) is 22.0. The summed E-state index contributed by atoms with van der Waals surface area (Å²) < 4.78 is 0. The Bertz CT molecular complexity index is 596. The molecular weight excluding hydrogens is 236 g/mol. The van der Waals surface area contributed by atoms with Gasteiger partial charge in [-0.25, -0.2) is 9.59 Å². The second-order valence-electron chi connectivity index (χ2n) is 3.32. The standard InChI is InChI=1S/C12H8O4.H4N2/c13-11(14)9-6-5-7-3-1-2-4-8(7)10(9)12(15)16;1-2/h1-6H,(H,13,14)(H,15,16);1-2H2. The lowest BCUT2D eigenvalue weighted by Crippen LogP contribution is -2.08. The van der Waals surface area contributed by atoms with Gasteiger partial charge in [0.2, 0.25) is 0 Å². The summed E-state index contributed by atoms with van der Waals surface area (Å²) in [5, 5.41) is 19.1. The molecule has 0 aliphatic heterocycles. The number of carboxylic acid groups (broad SMARTS) is 2. The van der Waals surface area contributed by atoms with Crippen LogP contribution in [-0.4, -0.2) is 22.2 Å². The fourth-order valence-electron chi connectivity index (χ4n) is 1.68. The second kappa shape index (κ2) is 5.76. The van der Waals surface area contributed by atoms with E-state index in [-0.39, 0.29) is 11.1 Å². The minimum absolute atomic E-state index is 0.161. The molecule has 0 spiro atoms. The molecule has 2 aromatic rings. The second-order valence-corrected chi connectivity index (χ2v) is 3.32. The van der Waals surface area contributed by atoms with Gasteiger partial charge in [0.15, 0.2) is 0 Å². The maximum Gasteiger partial charge on any atom is 0.337 e. The van der Waals surface area contributed by atoms with Crippen LogP contribution in [0.4, 0.5) is 0 Å². The van der Waals surface area contributed by atoms with Crippen LogP contribution in [0.5, 0.6) is 0 Å². The first kappa shape index (κ1) is 13.6. The summed E-state index contributed by atoms with van der Waals surface area (Å²) in [6.07, 6.45) is 0. The first-order valence-electron chi connectivity index (χ1n) is 4.93. The Kier molecular flexibility index (Phi) is 4.36. The summed E-state index contributed by atoms with van der Waals surface area (Å²) >= 11 is 0. The van der Waals surface area contributed by atoms with E-state index in [9.17, 15) is 9.59 Å². The molecule has 0 saturated carbocycles. The van der Waals surface area contributed by atoms with Crippen LogP contribution in [0.15, 0.2) is 36.4 Å². The van der Waals surface area contributed by atoms with Crippen LogP contribution in [0.1, 0.15) is 20.7 Å². The average molecular weight is 248 g/mol. The number of hydrazine groups is 1. The zero-order valence-electron chi connectivity index (χ0n) is 9.33. The molecule has 0 unspecified atom stereocenters. The van der Waals surface area contributed by atoms with E-state index >= 15 is 0 Å². The molecule has 0 bridgehead atoms. The van der Waals surface area contributed by atoms with Crippen molar-refractivity contribution >= 4 is 22.7 Å². The van der Waals surface area contributed by atoms with Gasteiger partial charge in [-0.15, -0.1) is 0 Å². The van der Waals surface area contributed by atoms with E-state index < -0.39 is 11.9 Å². The molecule has 6 heteroatoms. The van der Waals surface area contributed by atoms with Gasteiger partial charge in [-0.1, -0.05) is 30.3 Å². The number of benzene rings is 2. The van der Waals surface area contributed by atoms with Crippen molar-refractivity contribution in [1.29, 1.82) is 0 Å². The zero-order valence-corrected chi connectivity index (χ0v) is 9.33. The molecule has 0 heterocycles. The largest absolute Gasteiger partial charge is 0.478 e. The normalized spacial score (nSPS) is 9.44. The highest BCUT2D eigenvalue weighted by molar-refractivity contribution is 6.11. The fraction of sp³-hybridized carbons (Fsp3) is 0.